The van der Waals surface area contributed by atoms with Crippen molar-refractivity contribution in [3.05, 3.63) is 70.2 Å². The van der Waals surface area contributed by atoms with Crippen LogP contribution in [0.1, 0.15) is 47.1 Å². The van der Waals surface area contributed by atoms with Gasteiger partial charge in [-0.15, -0.1) is 12.4 Å². The Balaban J connectivity index is 0.00000364. The van der Waals surface area contributed by atoms with Crippen molar-refractivity contribution >= 4 is 59.4 Å². The maximum Gasteiger partial charge on any atom is 0.390 e. The van der Waals surface area contributed by atoms with Gasteiger partial charge in [0.2, 0.25) is 11.8 Å². The first-order valence-electron chi connectivity index (χ1n) is 7.95. The average Bonchev–Trinajstić information content (AvgIpc) is 2.58. The van der Waals surface area contributed by atoms with Crippen LogP contribution in [0.2, 0.25) is 5.02 Å². The van der Waals surface area contributed by atoms with Crippen LogP contribution < -0.4 is 0 Å². The Bertz CT molecular complexity index is 834. The molecule has 0 N–H and O–H groups in total. The molecule has 0 bridgehead atoms. The van der Waals surface area contributed by atoms with Crippen LogP contribution in [0, 0.1) is 6.92 Å². The third kappa shape index (κ3) is 4.76. The smallest absolute Gasteiger partial charge is 0.262 e. The summed E-state index contributed by atoms with van der Waals surface area (Å²) in [5.41, 5.74) is 0.684. The number of nitrogens with zero attached hydrogens (tertiary/aromatic N) is 2. The molecule has 0 fully saturated rings. The van der Waals surface area contributed by atoms with Gasteiger partial charge >= 0.3 is 11.8 Å². The van der Waals surface area contributed by atoms with E-state index in [0.717, 1.165) is 10.1 Å². The molecule has 0 saturated heterocycles. The van der Waals surface area contributed by atoms with Gasteiger partial charge in [-0.3, -0.25) is 4.79 Å². The molecule has 27 heavy (non-hydrogen) atoms. The lowest BCUT2D eigenvalue weighted by atomic mass is 10.1. The van der Waals surface area contributed by atoms with Gasteiger partial charge in [-0.2, -0.15) is 0 Å². The van der Waals surface area contributed by atoms with E-state index in [4.69, 9.17) is 35.2 Å². The zero-order valence-corrected chi connectivity index (χ0v) is 18.5. The van der Waals surface area contributed by atoms with Gasteiger partial charge in [-0.25, -0.2) is 4.79 Å². The summed E-state index contributed by atoms with van der Waals surface area (Å²) in [7, 11) is 0. The number of carbonyl (C=O) groups excluding carboxylic acids is 2. The zero-order valence-electron chi connectivity index (χ0n) is 15.4. The SMILES string of the molecule is Cc1ccc(C(=O)[N+](Cl)(N(Cl)C(=O)c2cccc(Cl)c2)C(C)(C)C)cc1.Cl. The minimum atomic E-state index is -0.955. The number of halogens is 4. The Morgan fingerprint density at radius 2 is 1.56 bits per heavy atom. The van der Waals surface area contributed by atoms with E-state index >= 15 is 0 Å². The molecule has 4 nitrogen and oxygen atoms in total. The molecule has 0 aromatic heterocycles. The maximum absolute atomic E-state index is 13.2. The van der Waals surface area contributed by atoms with Crippen molar-refractivity contribution in [3.8, 4) is 0 Å². The minimum Gasteiger partial charge on any atom is -0.262 e. The first-order valence-corrected chi connectivity index (χ1v) is 9.00. The molecule has 2 amide bonds. The molecule has 1 unspecified atom stereocenters. The third-order valence-electron chi connectivity index (χ3n) is 3.94. The fourth-order valence-electron chi connectivity index (χ4n) is 2.37. The van der Waals surface area contributed by atoms with Gasteiger partial charge in [0.1, 0.15) is 5.54 Å². The first-order chi connectivity index (χ1) is 12.0. The van der Waals surface area contributed by atoms with E-state index in [0.29, 0.717) is 10.6 Å². The second kappa shape index (κ2) is 8.80. The summed E-state index contributed by atoms with van der Waals surface area (Å²) in [6.07, 6.45) is 0. The highest BCUT2D eigenvalue weighted by molar-refractivity contribution is 6.31. The van der Waals surface area contributed by atoms with Crippen molar-refractivity contribution in [2.24, 2.45) is 0 Å². The van der Waals surface area contributed by atoms with Crippen molar-refractivity contribution in [1.82, 2.24) is 4.53 Å². The standard InChI is InChI=1S/C19H20Cl3N2O2.ClH/c1-13-8-10-14(11-9-13)18(26)24(22,19(2,3)4)23(21)17(25)15-6-5-7-16(20)12-15;/h5-12H,1-4H3;1H/q+1;. The van der Waals surface area contributed by atoms with Gasteiger partial charge < -0.3 is 0 Å². The highest BCUT2D eigenvalue weighted by atomic mass is 35.5. The maximum atomic E-state index is 13.2. The lowest BCUT2D eigenvalue weighted by molar-refractivity contribution is -0.871. The van der Waals surface area contributed by atoms with E-state index in [-0.39, 0.29) is 18.0 Å². The van der Waals surface area contributed by atoms with Crippen LogP contribution in [-0.2, 0) is 0 Å². The third-order valence-corrected chi connectivity index (χ3v) is 5.44. The highest BCUT2D eigenvalue weighted by Gasteiger charge is 2.56. The number of hydrogen-bond donors (Lipinski definition) is 0. The molecule has 0 aliphatic heterocycles. The van der Waals surface area contributed by atoms with Gasteiger partial charge in [0, 0.05) is 10.6 Å². The summed E-state index contributed by atoms with van der Waals surface area (Å²) >= 11 is 19.0. The molecule has 8 heteroatoms. The number of rotatable bonds is 2. The molecule has 146 valence electrons. The fraction of sp³-hybridized carbons (Fsp3) is 0.263. The molecule has 0 heterocycles. The highest BCUT2D eigenvalue weighted by Crippen LogP contribution is 2.37. The van der Waals surface area contributed by atoms with Crippen molar-refractivity contribution < 1.29 is 13.7 Å². The molecule has 0 aliphatic carbocycles. The van der Waals surface area contributed by atoms with E-state index in [1.807, 2.05) is 6.92 Å². The molecule has 0 radical (unpaired) electrons. The molecule has 2 aromatic rings. The number of amides is 2. The zero-order chi connectivity index (χ0) is 19.7. The van der Waals surface area contributed by atoms with E-state index in [1.54, 1.807) is 63.2 Å². The quantitative estimate of drug-likeness (QED) is 0.404. The largest absolute Gasteiger partial charge is 0.390 e. The minimum absolute atomic E-state index is 0. The van der Waals surface area contributed by atoms with Crippen molar-refractivity contribution in [2.45, 2.75) is 33.2 Å². The summed E-state index contributed by atoms with van der Waals surface area (Å²) in [5, 5.41) is 0.384. The molecule has 0 spiro atoms. The van der Waals surface area contributed by atoms with Crippen molar-refractivity contribution in [1.29, 1.82) is 0 Å². The Morgan fingerprint density at radius 1 is 1.00 bits per heavy atom. The first kappa shape index (κ1) is 23.7. The molecule has 1 atom stereocenters. The van der Waals surface area contributed by atoms with Crippen LogP contribution in [0.15, 0.2) is 48.5 Å². The molecule has 2 aromatic carbocycles. The van der Waals surface area contributed by atoms with Gasteiger partial charge in [0.05, 0.1) is 17.3 Å². The Hall–Kier alpha value is -1.30. The van der Waals surface area contributed by atoms with Crippen molar-refractivity contribution in [2.75, 3.05) is 0 Å². The Morgan fingerprint density at radius 3 is 2.04 bits per heavy atom. The topological polar surface area (TPSA) is 37.4 Å². The number of benzene rings is 2. The van der Waals surface area contributed by atoms with Crippen LogP contribution in [0.5, 0.6) is 0 Å². The van der Waals surface area contributed by atoms with Crippen LogP contribution >= 0.6 is 47.6 Å². The van der Waals surface area contributed by atoms with Crippen LogP contribution in [0.4, 0.5) is 0 Å². The van der Waals surface area contributed by atoms with Gasteiger partial charge in [0.25, 0.3) is 0 Å². The Labute approximate surface area is 180 Å². The van der Waals surface area contributed by atoms with Gasteiger partial charge in [0.15, 0.2) is 0 Å². The van der Waals surface area contributed by atoms with Crippen LogP contribution in [0.3, 0.4) is 0 Å². The number of carbonyl (C=O) groups is 2. The fourth-order valence-corrected chi connectivity index (χ4v) is 3.12. The summed E-state index contributed by atoms with van der Waals surface area (Å²) in [6, 6.07) is 13.2. The summed E-state index contributed by atoms with van der Waals surface area (Å²) in [5.74, 6) is -1.14. The predicted molar refractivity (Wildman–Crippen MR) is 112 cm³/mol. The van der Waals surface area contributed by atoms with Crippen LogP contribution in [-0.4, -0.2) is 26.0 Å². The summed E-state index contributed by atoms with van der Waals surface area (Å²) in [4.78, 5) is 26.1. The predicted octanol–water partition coefficient (Wildman–Crippen LogP) is 6.19. The van der Waals surface area contributed by atoms with Crippen molar-refractivity contribution in [3.63, 3.8) is 0 Å². The molecular formula is C19H21Cl4N2O2+. The van der Waals surface area contributed by atoms with E-state index < -0.39 is 21.5 Å². The Kier molecular flexibility index (Phi) is 7.74. The van der Waals surface area contributed by atoms with Gasteiger partial charge in [-0.1, -0.05) is 39.9 Å². The number of quaternary nitrogens is 1. The molecule has 2 rings (SSSR count). The van der Waals surface area contributed by atoms with E-state index in [1.165, 1.54) is 6.07 Å². The van der Waals surface area contributed by atoms with E-state index in [9.17, 15) is 9.59 Å². The van der Waals surface area contributed by atoms with Crippen LogP contribution in [0.25, 0.3) is 0 Å². The summed E-state index contributed by atoms with van der Waals surface area (Å²) in [6.45, 7) is 7.10. The second-order valence-corrected chi connectivity index (χ2v) is 8.22. The second-order valence-electron chi connectivity index (χ2n) is 6.97. The molecule has 0 saturated carbocycles. The lowest BCUT2D eigenvalue weighted by Gasteiger charge is -2.40. The summed E-state index contributed by atoms with van der Waals surface area (Å²) < 4.78 is -0.238. The average molecular weight is 451 g/mol. The van der Waals surface area contributed by atoms with E-state index in [2.05, 4.69) is 0 Å². The number of aryl methyl sites for hydroxylation is 1. The molecular weight excluding hydrogens is 430 g/mol. The number of hydrogen-bond acceptors (Lipinski definition) is 2. The van der Waals surface area contributed by atoms with Gasteiger partial charge in [-0.05, 0) is 62.1 Å². The monoisotopic (exact) mass is 449 g/mol. The lowest BCUT2D eigenvalue weighted by Crippen LogP contribution is -2.64. The normalized spacial score (nSPS) is 13.3. The molecule has 0 aliphatic rings.